The standard InChI is InChI=1S/C16H21FN6O2/c1-2-25-12-16(24)22-8-6-21(7-9-22)11-15-18-19-20-23(15)14-5-3-4-13(17)10-14/h3-5,10H,2,6-9,11-12H2,1H3. The van der Waals surface area contributed by atoms with E-state index in [1.807, 2.05) is 11.8 Å². The summed E-state index contributed by atoms with van der Waals surface area (Å²) in [6, 6.07) is 6.16. The van der Waals surface area contributed by atoms with Crippen molar-refractivity contribution in [2.45, 2.75) is 13.5 Å². The monoisotopic (exact) mass is 348 g/mol. The number of carbonyl (C=O) groups is 1. The summed E-state index contributed by atoms with van der Waals surface area (Å²) in [5.74, 6) is 0.325. The van der Waals surface area contributed by atoms with Gasteiger partial charge in [0.2, 0.25) is 5.91 Å². The first kappa shape index (κ1) is 17.4. The largest absolute Gasteiger partial charge is 0.372 e. The Hall–Kier alpha value is -2.39. The van der Waals surface area contributed by atoms with Gasteiger partial charge >= 0.3 is 0 Å². The number of hydrogen-bond acceptors (Lipinski definition) is 6. The van der Waals surface area contributed by atoms with Crippen LogP contribution in [0, 0.1) is 5.82 Å². The van der Waals surface area contributed by atoms with Gasteiger partial charge in [-0.15, -0.1) is 5.10 Å². The molecule has 25 heavy (non-hydrogen) atoms. The molecule has 0 spiro atoms. The molecular formula is C16H21FN6O2. The minimum Gasteiger partial charge on any atom is -0.372 e. The first-order valence-corrected chi connectivity index (χ1v) is 8.28. The number of tetrazole rings is 1. The predicted octanol–water partition coefficient (Wildman–Crippen LogP) is 0.482. The fourth-order valence-electron chi connectivity index (χ4n) is 2.75. The molecule has 8 nitrogen and oxygen atoms in total. The van der Waals surface area contributed by atoms with Crippen LogP contribution in [0.4, 0.5) is 4.39 Å². The minimum absolute atomic E-state index is 0.0195. The average molecular weight is 348 g/mol. The van der Waals surface area contributed by atoms with Gasteiger partial charge in [0.05, 0.1) is 12.2 Å². The number of piperazine rings is 1. The predicted molar refractivity (Wildman–Crippen MR) is 87.5 cm³/mol. The van der Waals surface area contributed by atoms with E-state index < -0.39 is 0 Å². The lowest BCUT2D eigenvalue weighted by molar-refractivity contribution is -0.137. The van der Waals surface area contributed by atoms with Gasteiger partial charge in [-0.05, 0) is 35.5 Å². The average Bonchev–Trinajstić information content (AvgIpc) is 3.08. The SMILES string of the molecule is CCOCC(=O)N1CCN(Cc2nnnn2-c2cccc(F)c2)CC1. The van der Waals surface area contributed by atoms with Crippen LogP contribution >= 0.6 is 0 Å². The molecule has 1 aliphatic heterocycles. The number of halogens is 1. The molecule has 2 aromatic rings. The van der Waals surface area contributed by atoms with E-state index in [1.165, 1.54) is 16.8 Å². The molecule has 1 fully saturated rings. The Bertz CT molecular complexity index is 714. The molecule has 9 heteroatoms. The molecule has 3 rings (SSSR count). The minimum atomic E-state index is -0.333. The number of amides is 1. The zero-order valence-corrected chi connectivity index (χ0v) is 14.1. The second kappa shape index (κ2) is 8.13. The molecule has 134 valence electrons. The molecule has 1 aromatic heterocycles. The summed E-state index contributed by atoms with van der Waals surface area (Å²) >= 11 is 0. The Morgan fingerprint density at radius 2 is 2.08 bits per heavy atom. The molecule has 0 atom stereocenters. The van der Waals surface area contributed by atoms with E-state index in [0.717, 1.165) is 13.1 Å². The molecule has 0 N–H and O–H groups in total. The van der Waals surface area contributed by atoms with Gasteiger partial charge in [-0.1, -0.05) is 6.07 Å². The molecule has 0 radical (unpaired) electrons. The van der Waals surface area contributed by atoms with E-state index in [2.05, 4.69) is 20.4 Å². The maximum Gasteiger partial charge on any atom is 0.248 e. The Labute approximate surface area is 145 Å². The Balaban J connectivity index is 1.58. The lowest BCUT2D eigenvalue weighted by Crippen LogP contribution is -2.49. The molecule has 0 unspecified atom stereocenters. The third-order valence-corrected chi connectivity index (χ3v) is 4.11. The van der Waals surface area contributed by atoms with Crippen LogP contribution in [-0.4, -0.2) is 75.3 Å². The van der Waals surface area contributed by atoms with Crippen LogP contribution < -0.4 is 0 Å². The summed E-state index contributed by atoms with van der Waals surface area (Å²) in [7, 11) is 0. The Kier molecular flexibility index (Phi) is 5.67. The second-order valence-electron chi connectivity index (χ2n) is 5.78. The summed E-state index contributed by atoms with van der Waals surface area (Å²) in [6.07, 6.45) is 0. The van der Waals surface area contributed by atoms with Crippen molar-refractivity contribution in [3.63, 3.8) is 0 Å². The molecule has 1 amide bonds. The molecule has 0 bridgehead atoms. The number of aromatic nitrogens is 4. The molecule has 0 saturated carbocycles. The van der Waals surface area contributed by atoms with Crippen LogP contribution in [0.3, 0.4) is 0 Å². The van der Waals surface area contributed by atoms with E-state index >= 15 is 0 Å². The molecule has 1 aliphatic rings. The summed E-state index contributed by atoms with van der Waals surface area (Å²) in [6.45, 7) is 5.83. The van der Waals surface area contributed by atoms with E-state index in [1.54, 1.807) is 12.1 Å². The summed E-state index contributed by atoms with van der Waals surface area (Å²) in [5.41, 5.74) is 0.588. The number of hydrogen-bond donors (Lipinski definition) is 0. The van der Waals surface area contributed by atoms with Gasteiger partial charge in [0.1, 0.15) is 12.4 Å². The van der Waals surface area contributed by atoms with Crippen LogP contribution in [-0.2, 0) is 16.1 Å². The lowest BCUT2D eigenvalue weighted by Gasteiger charge is -2.34. The topological polar surface area (TPSA) is 76.4 Å². The maximum atomic E-state index is 13.4. The van der Waals surface area contributed by atoms with Crippen LogP contribution in [0.25, 0.3) is 5.69 Å². The van der Waals surface area contributed by atoms with Crippen molar-refractivity contribution in [3.8, 4) is 5.69 Å². The van der Waals surface area contributed by atoms with Gasteiger partial charge < -0.3 is 9.64 Å². The van der Waals surface area contributed by atoms with Gasteiger partial charge in [0.25, 0.3) is 0 Å². The normalized spacial score (nSPS) is 15.5. The third kappa shape index (κ3) is 4.37. The van der Waals surface area contributed by atoms with Crippen molar-refractivity contribution in [2.75, 3.05) is 39.4 Å². The van der Waals surface area contributed by atoms with Crippen LogP contribution in [0.15, 0.2) is 24.3 Å². The number of ether oxygens (including phenoxy) is 1. The van der Waals surface area contributed by atoms with Crippen LogP contribution in [0.2, 0.25) is 0 Å². The van der Waals surface area contributed by atoms with Crippen molar-refractivity contribution in [1.82, 2.24) is 30.0 Å². The molecule has 0 aliphatic carbocycles. The fourth-order valence-corrected chi connectivity index (χ4v) is 2.75. The van der Waals surface area contributed by atoms with Gasteiger partial charge in [-0.2, -0.15) is 4.68 Å². The second-order valence-corrected chi connectivity index (χ2v) is 5.78. The highest BCUT2D eigenvalue weighted by Gasteiger charge is 2.22. The van der Waals surface area contributed by atoms with E-state index in [4.69, 9.17) is 4.74 Å². The van der Waals surface area contributed by atoms with E-state index in [0.29, 0.717) is 37.8 Å². The van der Waals surface area contributed by atoms with Gasteiger partial charge in [-0.25, -0.2) is 4.39 Å². The summed E-state index contributed by atoms with van der Waals surface area (Å²) < 4.78 is 20.1. The number of rotatable bonds is 6. The zero-order chi connectivity index (χ0) is 17.6. The highest BCUT2D eigenvalue weighted by molar-refractivity contribution is 5.77. The quantitative estimate of drug-likeness (QED) is 0.756. The van der Waals surface area contributed by atoms with Crippen LogP contribution in [0.5, 0.6) is 0 Å². The van der Waals surface area contributed by atoms with Crippen molar-refractivity contribution in [2.24, 2.45) is 0 Å². The smallest absolute Gasteiger partial charge is 0.248 e. The fraction of sp³-hybridized carbons (Fsp3) is 0.500. The highest BCUT2D eigenvalue weighted by atomic mass is 19.1. The van der Waals surface area contributed by atoms with Crippen molar-refractivity contribution >= 4 is 5.91 Å². The molecule has 1 saturated heterocycles. The number of carbonyl (C=O) groups excluding carboxylic acids is 1. The van der Waals surface area contributed by atoms with Gasteiger partial charge in [-0.3, -0.25) is 9.69 Å². The summed E-state index contributed by atoms with van der Waals surface area (Å²) in [4.78, 5) is 15.9. The number of benzene rings is 1. The number of nitrogens with zero attached hydrogens (tertiary/aromatic N) is 6. The Morgan fingerprint density at radius 3 is 2.80 bits per heavy atom. The maximum absolute atomic E-state index is 13.4. The highest BCUT2D eigenvalue weighted by Crippen LogP contribution is 2.12. The van der Waals surface area contributed by atoms with Crippen molar-refractivity contribution < 1.29 is 13.9 Å². The van der Waals surface area contributed by atoms with Crippen LogP contribution in [0.1, 0.15) is 12.7 Å². The molecular weight excluding hydrogens is 327 g/mol. The molecule has 2 heterocycles. The van der Waals surface area contributed by atoms with E-state index in [-0.39, 0.29) is 18.3 Å². The van der Waals surface area contributed by atoms with Gasteiger partial charge in [0.15, 0.2) is 5.82 Å². The van der Waals surface area contributed by atoms with Gasteiger partial charge in [0, 0.05) is 32.8 Å². The zero-order valence-electron chi connectivity index (χ0n) is 14.1. The molecule has 1 aromatic carbocycles. The van der Waals surface area contributed by atoms with E-state index in [9.17, 15) is 9.18 Å². The summed E-state index contributed by atoms with van der Waals surface area (Å²) in [5, 5.41) is 11.7. The first-order valence-electron chi connectivity index (χ1n) is 8.28. The van der Waals surface area contributed by atoms with Crippen molar-refractivity contribution in [3.05, 3.63) is 35.9 Å². The van der Waals surface area contributed by atoms with Crippen molar-refractivity contribution in [1.29, 1.82) is 0 Å². The first-order chi connectivity index (χ1) is 12.2. The lowest BCUT2D eigenvalue weighted by atomic mass is 10.3. The third-order valence-electron chi connectivity index (χ3n) is 4.11. The Morgan fingerprint density at radius 1 is 1.28 bits per heavy atom.